The van der Waals surface area contributed by atoms with Gasteiger partial charge >= 0.3 is 17.9 Å². The number of carbonyl (C=O) groups is 3. The molecule has 0 aromatic heterocycles. The minimum Gasteiger partial charge on any atom is -0.494 e. The van der Waals surface area contributed by atoms with Crippen LogP contribution in [0.15, 0.2) is 84.9 Å². The van der Waals surface area contributed by atoms with E-state index in [9.17, 15) is 14.4 Å². The fraction of sp³-hybridized carbons (Fsp3) is 0.400. The molecule has 0 radical (unpaired) electrons. The lowest BCUT2D eigenvalue weighted by atomic mass is 10.1. The number of hydrogen-bond acceptors (Lipinski definition) is 12. The maximum Gasteiger partial charge on any atom is 0.343 e. The van der Waals surface area contributed by atoms with E-state index in [1.54, 1.807) is 24.3 Å². The highest BCUT2D eigenvalue weighted by atomic mass is 17.2. The van der Waals surface area contributed by atoms with Gasteiger partial charge in [0.15, 0.2) is 5.75 Å². The Balaban J connectivity index is 0.772. The summed E-state index contributed by atoms with van der Waals surface area (Å²) in [5.74, 6) is 1.70. The van der Waals surface area contributed by atoms with Gasteiger partial charge in [-0.3, -0.25) is 9.59 Å². The van der Waals surface area contributed by atoms with Crippen LogP contribution in [0.4, 0.5) is 0 Å². The third-order valence-electron chi connectivity index (χ3n) is 9.68. The molecule has 0 amide bonds. The second-order valence-corrected chi connectivity index (χ2v) is 14.3. The quantitative estimate of drug-likeness (QED) is 0.0151. The van der Waals surface area contributed by atoms with Gasteiger partial charge in [0.05, 0.1) is 32.0 Å². The molecule has 4 aromatic carbocycles. The highest BCUT2D eigenvalue weighted by Crippen LogP contribution is 2.40. The Labute approximate surface area is 332 Å². The van der Waals surface area contributed by atoms with Crippen molar-refractivity contribution < 1.29 is 57.3 Å². The normalized spacial score (nSPS) is 15.9. The van der Waals surface area contributed by atoms with Crippen molar-refractivity contribution in [1.29, 1.82) is 0 Å². The number of carbonyl (C=O) groups excluding carboxylic acids is 3. The molecular weight excluding hydrogens is 732 g/mol. The minimum absolute atomic E-state index is 0.0882. The topological polar surface area (TPSA) is 141 Å². The van der Waals surface area contributed by atoms with E-state index in [1.807, 2.05) is 60.7 Å². The van der Waals surface area contributed by atoms with Crippen molar-refractivity contribution in [3.63, 3.8) is 0 Å². The van der Waals surface area contributed by atoms with Crippen LogP contribution >= 0.6 is 0 Å². The molecule has 2 aliphatic heterocycles. The van der Waals surface area contributed by atoms with Crippen LogP contribution in [0.2, 0.25) is 0 Å². The van der Waals surface area contributed by atoms with Crippen LogP contribution in [-0.2, 0) is 46.5 Å². The molecule has 2 atom stereocenters. The van der Waals surface area contributed by atoms with Crippen molar-refractivity contribution in [3.8, 4) is 34.1 Å². The smallest absolute Gasteiger partial charge is 0.343 e. The largest absolute Gasteiger partial charge is 0.494 e. The molecule has 12 nitrogen and oxygen atoms in total. The molecule has 7 rings (SSSR count). The molecular formula is C45H48O12. The second kappa shape index (κ2) is 20.1. The molecule has 0 spiro atoms. The highest BCUT2D eigenvalue weighted by Gasteiger charge is 2.25. The number of fused-ring (bicyclic) bond motifs is 3. The SMILES string of the molecule is O=C(CCCCCOc1ccc(COOc2ccc3c(c2)Cc2cc(OC(=O)c4ccc(OCCCCCC(=O)OCC5CO5)cc4)ccc2-3)cc1)OCC1CO1. The van der Waals surface area contributed by atoms with Gasteiger partial charge in [-0.15, -0.1) is 0 Å². The molecule has 1 aliphatic carbocycles. The van der Waals surface area contributed by atoms with Crippen molar-refractivity contribution in [2.75, 3.05) is 39.6 Å². The van der Waals surface area contributed by atoms with Crippen LogP contribution < -0.4 is 19.1 Å². The molecule has 0 saturated carbocycles. The molecule has 3 aliphatic rings. The Bertz CT molecular complexity index is 1950. The average Bonchev–Trinajstić information content (AvgIpc) is 4.17. The Hall–Kier alpha value is -5.43. The van der Waals surface area contributed by atoms with E-state index in [-0.39, 0.29) is 30.8 Å². The van der Waals surface area contributed by atoms with Gasteiger partial charge in [-0.25, -0.2) is 4.79 Å². The maximum absolute atomic E-state index is 12.9. The molecule has 2 heterocycles. The number of epoxide rings is 2. The monoisotopic (exact) mass is 780 g/mol. The van der Waals surface area contributed by atoms with Gasteiger partial charge in [0.1, 0.15) is 49.3 Å². The lowest BCUT2D eigenvalue weighted by Gasteiger charge is -2.09. The molecule has 300 valence electrons. The molecule has 2 unspecified atom stereocenters. The minimum atomic E-state index is -0.449. The highest BCUT2D eigenvalue weighted by molar-refractivity contribution is 5.91. The summed E-state index contributed by atoms with van der Waals surface area (Å²) >= 11 is 0. The first-order valence-corrected chi connectivity index (χ1v) is 19.7. The zero-order valence-corrected chi connectivity index (χ0v) is 32.0. The third-order valence-corrected chi connectivity index (χ3v) is 9.68. The summed E-state index contributed by atoms with van der Waals surface area (Å²) in [5, 5.41) is 0. The van der Waals surface area contributed by atoms with E-state index in [1.165, 1.54) is 0 Å². The second-order valence-electron chi connectivity index (χ2n) is 14.3. The van der Waals surface area contributed by atoms with Gasteiger partial charge in [0.25, 0.3) is 0 Å². The lowest BCUT2D eigenvalue weighted by Crippen LogP contribution is -2.09. The zero-order valence-electron chi connectivity index (χ0n) is 32.0. The van der Waals surface area contributed by atoms with Gasteiger partial charge in [-0.05, 0) is 133 Å². The van der Waals surface area contributed by atoms with E-state index in [2.05, 4.69) is 0 Å². The number of ether oxygens (including phenoxy) is 7. The van der Waals surface area contributed by atoms with Gasteiger partial charge in [-0.1, -0.05) is 24.3 Å². The molecule has 57 heavy (non-hydrogen) atoms. The predicted octanol–water partition coefficient (Wildman–Crippen LogP) is 7.75. The van der Waals surface area contributed by atoms with Gasteiger partial charge in [0.2, 0.25) is 0 Å². The van der Waals surface area contributed by atoms with Crippen LogP contribution in [0.1, 0.15) is 78.4 Å². The van der Waals surface area contributed by atoms with Crippen molar-refractivity contribution >= 4 is 17.9 Å². The van der Waals surface area contributed by atoms with Gasteiger partial charge in [-0.2, -0.15) is 4.89 Å². The van der Waals surface area contributed by atoms with Crippen LogP contribution in [0.25, 0.3) is 11.1 Å². The first-order chi connectivity index (χ1) is 27.9. The van der Waals surface area contributed by atoms with Gasteiger partial charge in [0, 0.05) is 12.8 Å². The average molecular weight is 781 g/mol. The summed E-state index contributed by atoms with van der Waals surface area (Å²) < 4.78 is 37.7. The number of esters is 3. The fourth-order valence-corrected chi connectivity index (χ4v) is 6.30. The Morgan fingerprint density at radius 1 is 0.579 bits per heavy atom. The van der Waals surface area contributed by atoms with E-state index < -0.39 is 5.97 Å². The van der Waals surface area contributed by atoms with Crippen molar-refractivity contribution in [2.24, 2.45) is 0 Å². The summed E-state index contributed by atoms with van der Waals surface area (Å²) in [5.41, 5.74) is 5.71. The Morgan fingerprint density at radius 3 is 1.65 bits per heavy atom. The van der Waals surface area contributed by atoms with E-state index in [0.717, 1.165) is 72.1 Å². The first-order valence-electron chi connectivity index (χ1n) is 19.7. The summed E-state index contributed by atoms with van der Waals surface area (Å²) in [6.45, 7) is 3.43. The third kappa shape index (κ3) is 12.8. The predicted molar refractivity (Wildman–Crippen MR) is 207 cm³/mol. The molecule has 2 saturated heterocycles. The summed E-state index contributed by atoms with van der Waals surface area (Å²) in [6.07, 6.45) is 6.60. The van der Waals surface area contributed by atoms with Crippen LogP contribution in [0, 0.1) is 0 Å². The van der Waals surface area contributed by atoms with E-state index >= 15 is 0 Å². The van der Waals surface area contributed by atoms with E-state index in [0.29, 0.717) is 81.7 Å². The standard InChI is InChI=1S/C45H48O12/c46-43(53-29-39-27-51-39)7-3-1-5-21-49-35-13-9-31(10-14-35)26-55-57-38-18-20-42-34(25-38)23-33-24-37(17-19-41(33)42)56-45(48)32-11-15-36(16-12-32)50-22-6-2-4-8-44(47)54-30-40-28-52-40/h9-20,24-25,39-40H,1-8,21-23,26-30H2. The molecule has 0 N–H and O–H groups in total. The Morgan fingerprint density at radius 2 is 1.09 bits per heavy atom. The number of rotatable bonds is 24. The first kappa shape index (κ1) is 39.8. The van der Waals surface area contributed by atoms with Crippen LogP contribution in [0.3, 0.4) is 0 Å². The lowest BCUT2D eigenvalue weighted by molar-refractivity contribution is -0.217. The van der Waals surface area contributed by atoms with Crippen molar-refractivity contribution in [1.82, 2.24) is 0 Å². The van der Waals surface area contributed by atoms with Crippen molar-refractivity contribution in [2.45, 2.75) is 76.6 Å². The summed E-state index contributed by atoms with van der Waals surface area (Å²) in [7, 11) is 0. The fourth-order valence-electron chi connectivity index (χ4n) is 6.30. The molecule has 4 aromatic rings. The van der Waals surface area contributed by atoms with E-state index in [4.69, 9.17) is 42.9 Å². The molecule has 12 heteroatoms. The van der Waals surface area contributed by atoms with Crippen molar-refractivity contribution in [3.05, 3.63) is 107 Å². The Kier molecular flexibility index (Phi) is 14.1. The number of hydrogen-bond donors (Lipinski definition) is 0. The molecule has 0 bridgehead atoms. The van der Waals surface area contributed by atoms with Crippen LogP contribution in [-0.4, -0.2) is 69.8 Å². The zero-order chi connectivity index (χ0) is 39.2. The number of unbranched alkanes of at least 4 members (excludes halogenated alkanes) is 4. The summed E-state index contributed by atoms with van der Waals surface area (Å²) in [4.78, 5) is 47.5. The summed E-state index contributed by atoms with van der Waals surface area (Å²) in [6, 6.07) is 26.1. The molecule has 2 fully saturated rings. The van der Waals surface area contributed by atoms with Crippen LogP contribution in [0.5, 0.6) is 23.0 Å². The number of benzene rings is 4. The maximum atomic E-state index is 12.9. The van der Waals surface area contributed by atoms with Gasteiger partial charge < -0.3 is 38.0 Å².